The van der Waals surface area contributed by atoms with E-state index in [1.165, 1.54) is 11.3 Å². The summed E-state index contributed by atoms with van der Waals surface area (Å²) in [6.45, 7) is 4.26. The number of aromatic nitrogens is 1. The molecule has 0 radical (unpaired) electrons. The second kappa shape index (κ2) is 8.96. The largest absolute Gasteiger partial charge is 0.497 e. The first-order chi connectivity index (χ1) is 13.1. The fourth-order valence-corrected chi connectivity index (χ4v) is 3.75. The Bertz CT molecular complexity index is 868. The first-order valence-electron chi connectivity index (χ1n) is 8.89. The molecule has 1 aliphatic heterocycles. The minimum Gasteiger partial charge on any atom is -0.497 e. The smallest absolute Gasteiger partial charge is 0.279 e. The maximum atomic E-state index is 12.9. The summed E-state index contributed by atoms with van der Waals surface area (Å²) in [6, 6.07) is 6.49. The van der Waals surface area contributed by atoms with Crippen LogP contribution in [0.25, 0.3) is 0 Å². The Morgan fingerprint density at radius 1 is 1.33 bits per heavy atom. The Morgan fingerprint density at radius 2 is 2.11 bits per heavy atom. The molecule has 0 aliphatic carbocycles. The van der Waals surface area contributed by atoms with Gasteiger partial charge in [-0.05, 0) is 24.6 Å². The number of carbonyl (C=O) groups is 2. The third-order valence-electron chi connectivity index (χ3n) is 4.46. The van der Waals surface area contributed by atoms with Crippen molar-refractivity contribution >= 4 is 23.2 Å². The van der Waals surface area contributed by atoms with Gasteiger partial charge in [-0.2, -0.15) is 4.99 Å². The van der Waals surface area contributed by atoms with E-state index in [1.807, 2.05) is 23.4 Å². The zero-order valence-corrected chi connectivity index (χ0v) is 16.3. The summed E-state index contributed by atoms with van der Waals surface area (Å²) in [5, 5.41) is 1.84. The number of amides is 2. The van der Waals surface area contributed by atoms with Crippen molar-refractivity contribution in [2.75, 3.05) is 33.4 Å². The minimum atomic E-state index is -0.383. The van der Waals surface area contributed by atoms with Crippen LogP contribution < -0.4 is 9.54 Å². The summed E-state index contributed by atoms with van der Waals surface area (Å²) < 4.78 is 12.3. The number of carbonyl (C=O) groups excluding carboxylic acids is 2. The van der Waals surface area contributed by atoms with E-state index < -0.39 is 0 Å². The van der Waals surface area contributed by atoms with Crippen LogP contribution >= 0.6 is 11.3 Å². The average molecular weight is 389 g/mol. The van der Waals surface area contributed by atoms with Crippen molar-refractivity contribution in [1.82, 2.24) is 9.47 Å². The molecule has 1 aromatic carbocycles. The number of hydrogen-bond acceptors (Lipinski definition) is 5. The van der Waals surface area contributed by atoms with Crippen molar-refractivity contribution in [2.45, 2.75) is 19.4 Å². The van der Waals surface area contributed by atoms with E-state index in [2.05, 4.69) is 4.99 Å². The van der Waals surface area contributed by atoms with Crippen LogP contribution in [0.1, 0.15) is 29.7 Å². The monoisotopic (exact) mass is 389 g/mol. The molecule has 1 aromatic heterocycles. The quantitative estimate of drug-likeness (QED) is 0.785. The van der Waals surface area contributed by atoms with E-state index in [-0.39, 0.29) is 17.9 Å². The first kappa shape index (κ1) is 19.3. The van der Waals surface area contributed by atoms with Crippen molar-refractivity contribution in [3.05, 3.63) is 46.2 Å². The number of rotatable bonds is 5. The van der Waals surface area contributed by atoms with Crippen molar-refractivity contribution in [1.29, 1.82) is 0 Å². The van der Waals surface area contributed by atoms with E-state index in [9.17, 15) is 9.59 Å². The van der Waals surface area contributed by atoms with Gasteiger partial charge >= 0.3 is 0 Å². The van der Waals surface area contributed by atoms with Crippen LogP contribution in [-0.4, -0.2) is 54.7 Å². The zero-order chi connectivity index (χ0) is 19.2. The number of benzene rings is 1. The fraction of sp³-hybridized carbons (Fsp3) is 0.421. The van der Waals surface area contributed by atoms with E-state index >= 15 is 0 Å². The molecule has 27 heavy (non-hydrogen) atoms. The Labute approximate surface area is 161 Å². The summed E-state index contributed by atoms with van der Waals surface area (Å²) in [5.74, 6) is 0.275. The van der Waals surface area contributed by atoms with Crippen LogP contribution in [0.2, 0.25) is 0 Å². The van der Waals surface area contributed by atoms with Gasteiger partial charge in [-0.25, -0.2) is 0 Å². The maximum Gasteiger partial charge on any atom is 0.279 e. The van der Waals surface area contributed by atoms with Crippen LogP contribution in [0.15, 0.2) is 40.8 Å². The molecule has 1 atom stereocenters. The molecule has 2 aromatic rings. The highest BCUT2D eigenvalue weighted by Gasteiger charge is 2.26. The molecule has 0 saturated carbocycles. The predicted octanol–water partition coefficient (Wildman–Crippen LogP) is 2.11. The van der Waals surface area contributed by atoms with Crippen LogP contribution in [-0.2, 0) is 9.53 Å². The maximum absolute atomic E-state index is 12.9. The molecule has 0 unspecified atom stereocenters. The topological polar surface area (TPSA) is 73.1 Å². The zero-order valence-electron chi connectivity index (χ0n) is 15.5. The lowest BCUT2D eigenvalue weighted by Crippen LogP contribution is -2.45. The van der Waals surface area contributed by atoms with Gasteiger partial charge in [-0.3, -0.25) is 9.59 Å². The lowest BCUT2D eigenvalue weighted by atomic mass is 10.2. The van der Waals surface area contributed by atoms with Crippen molar-refractivity contribution in [3.8, 4) is 5.75 Å². The molecule has 0 N–H and O–H groups in total. The number of ether oxygens (including phenoxy) is 2. The lowest BCUT2D eigenvalue weighted by molar-refractivity contribution is -0.139. The standard InChI is InChI=1S/C19H23N3O4S/c1-3-16(18(24)21-7-10-26-11-8-21)22-9-12-27-19(22)20-17(23)14-5-4-6-15(13-14)25-2/h4-6,9,12-13,16H,3,7-8,10-11H2,1-2H3/t16-/m1/s1. The Hall–Kier alpha value is -2.45. The molecular formula is C19H23N3O4S. The first-order valence-corrected chi connectivity index (χ1v) is 9.77. The number of morpholine rings is 1. The number of nitrogens with zero attached hydrogens (tertiary/aromatic N) is 3. The highest BCUT2D eigenvalue weighted by Crippen LogP contribution is 2.16. The summed E-state index contributed by atoms with van der Waals surface area (Å²) in [5.41, 5.74) is 0.446. The fourth-order valence-electron chi connectivity index (χ4n) is 3.00. The van der Waals surface area contributed by atoms with Crippen LogP contribution in [0, 0.1) is 0 Å². The lowest BCUT2D eigenvalue weighted by Gasteiger charge is -2.30. The van der Waals surface area contributed by atoms with E-state index in [0.29, 0.717) is 48.8 Å². The van der Waals surface area contributed by atoms with Crippen LogP contribution in [0.3, 0.4) is 0 Å². The summed E-state index contributed by atoms with van der Waals surface area (Å²) >= 11 is 1.34. The number of hydrogen-bond donors (Lipinski definition) is 0. The molecule has 7 nitrogen and oxygen atoms in total. The third-order valence-corrected chi connectivity index (χ3v) is 5.23. The van der Waals surface area contributed by atoms with Gasteiger partial charge in [0.2, 0.25) is 5.91 Å². The Balaban J connectivity index is 1.87. The normalized spacial score (nSPS) is 16.2. The van der Waals surface area contributed by atoms with Crippen LogP contribution in [0.5, 0.6) is 5.75 Å². The summed E-state index contributed by atoms with van der Waals surface area (Å²) in [4.78, 5) is 32.1. The molecular weight excluding hydrogens is 366 g/mol. The third kappa shape index (κ3) is 4.45. The van der Waals surface area contributed by atoms with Crippen LogP contribution in [0.4, 0.5) is 0 Å². The molecule has 8 heteroatoms. The number of thiazole rings is 1. The second-order valence-electron chi connectivity index (χ2n) is 6.10. The second-order valence-corrected chi connectivity index (χ2v) is 6.98. The molecule has 2 amide bonds. The van der Waals surface area contributed by atoms with Gasteiger partial charge < -0.3 is 18.9 Å². The van der Waals surface area contributed by atoms with E-state index in [0.717, 1.165) is 0 Å². The highest BCUT2D eigenvalue weighted by molar-refractivity contribution is 7.07. The van der Waals surface area contributed by atoms with Gasteiger partial charge in [-0.1, -0.05) is 13.0 Å². The van der Waals surface area contributed by atoms with Gasteiger partial charge in [0.15, 0.2) is 4.80 Å². The Kier molecular flexibility index (Phi) is 6.41. The van der Waals surface area contributed by atoms with Gasteiger partial charge in [0, 0.05) is 30.2 Å². The highest BCUT2D eigenvalue weighted by atomic mass is 32.1. The number of methoxy groups -OCH3 is 1. The molecule has 144 valence electrons. The molecule has 0 spiro atoms. The SMILES string of the molecule is CC[C@H](C(=O)N1CCOCC1)n1ccsc1=NC(=O)c1cccc(OC)c1. The molecule has 0 bridgehead atoms. The van der Waals surface area contributed by atoms with Gasteiger partial charge in [0.05, 0.1) is 20.3 Å². The summed E-state index contributed by atoms with van der Waals surface area (Å²) in [7, 11) is 1.55. The van der Waals surface area contributed by atoms with Crippen molar-refractivity contribution in [3.63, 3.8) is 0 Å². The van der Waals surface area contributed by atoms with Crippen molar-refractivity contribution < 1.29 is 19.1 Å². The summed E-state index contributed by atoms with van der Waals surface area (Å²) in [6.07, 6.45) is 2.43. The van der Waals surface area contributed by atoms with Gasteiger partial charge in [0.1, 0.15) is 11.8 Å². The Morgan fingerprint density at radius 3 is 2.81 bits per heavy atom. The molecule has 1 aliphatic rings. The average Bonchev–Trinajstić information content (AvgIpc) is 3.17. The molecule has 2 heterocycles. The minimum absolute atomic E-state index is 0.0366. The van der Waals surface area contributed by atoms with E-state index in [1.54, 1.807) is 35.9 Å². The van der Waals surface area contributed by atoms with Crippen molar-refractivity contribution in [2.24, 2.45) is 4.99 Å². The van der Waals surface area contributed by atoms with Gasteiger partial charge in [-0.15, -0.1) is 11.3 Å². The molecule has 1 saturated heterocycles. The predicted molar refractivity (Wildman–Crippen MR) is 102 cm³/mol. The van der Waals surface area contributed by atoms with Gasteiger partial charge in [0.25, 0.3) is 5.91 Å². The molecule has 1 fully saturated rings. The molecule has 3 rings (SSSR count). The van der Waals surface area contributed by atoms with E-state index in [4.69, 9.17) is 9.47 Å².